The van der Waals surface area contributed by atoms with Gasteiger partial charge in [0, 0.05) is 24.3 Å². The lowest BCUT2D eigenvalue weighted by molar-refractivity contribution is 0.0935. The predicted octanol–water partition coefficient (Wildman–Crippen LogP) is 1.64. The molecular formula is C14H16N6O. The third-order valence-corrected chi connectivity index (χ3v) is 3.32. The highest BCUT2D eigenvalue weighted by molar-refractivity contribution is 5.99. The van der Waals surface area contributed by atoms with E-state index < -0.39 is 0 Å². The first-order valence-electron chi connectivity index (χ1n) is 6.80. The molecule has 3 aromatic rings. The first-order valence-corrected chi connectivity index (χ1v) is 6.80. The number of aryl methyl sites for hydroxylation is 1. The molecule has 0 bridgehead atoms. The van der Waals surface area contributed by atoms with E-state index in [1.165, 1.54) is 6.20 Å². The van der Waals surface area contributed by atoms with Crippen LogP contribution in [0.5, 0.6) is 0 Å². The lowest BCUT2D eigenvalue weighted by atomic mass is 10.2. The van der Waals surface area contributed by atoms with Crippen molar-refractivity contribution in [3.8, 4) is 0 Å². The number of nitrogens with zero attached hydrogens (tertiary/aromatic N) is 4. The van der Waals surface area contributed by atoms with Gasteiger partial charge in [-0.15, -0.1) is 0 Å². The number of H-pyrrole nitrogens is 1. The van der Waals surface area contributed by atoms with Crippen LogP contribution >= 0.6 is 0 Å². The molecule has 0 spiro atoms. The summed E-state index contributed by atoms with van der Waals surface area (Å²) in [7, 11) is 0. The maximum absolute atomic E-state index is 12.4. The van der Waals surface area contributed by atoms with Crippen molar-refractivity contribution < 1.29 is 4.79 Å². The topological polar surface area (TPSA) is 88.0 Å². The third-order valence-electron chi connectivity index (χ3n) is 3.32. The van der Waals surface area contributed by atoms with Gasteiger partial charge in [-0.3, -0.25) is 4.79 Å². The van der Waals surface area contributed by atoms with E-state index in [1.54, 1.807) is 23.1 Å². The van der Waals surface area contributed by atoms with Gasteiger partial charge in [-0.25, -0.2) is 14.5 Å². The van der Waals surface area contributed by atoms with E-state index in [0.29, 0.717) is 11.2 Å². The van der Waals surface area contributed by atoms with Crippen LogP contribution in [0.1, 0.15) is 41.3 Å². The SMILES string of the molecule is CCC(NC(=O)c1cnn2ccc(C)nc12)c1ncc[nH]1. The van der Waals surface area contributed by atoms with Crippen LogP contribution in [0.25, 0.3) is 5.65 Å². The molecule has 7 heteroatoms. The van der Waals surface area contributed by atoms with Crippen molar-refractivity contribution in [2.24, 2.45) is 0 Å². The van der Waals surface area contributed by atoms with E-state index >= 15 is 0 Å². The van der Waals surface area contributed by atoms with E-state index in [9.17, 15) is 4.79 Å². The zero-order chi connectivity index (χ0) is 14.8. The Morgan fingerprint density at radius 1 is 1.52 bits per heavy atom. The first-order chi connectivity index (χ1) is 10.2. The summed E-state index contributed by atoms with van der Waals surface area (Å²) in [4.78, 5) is 24.0. The summed E-state index contributed by atoms with van der Waals surface area (Å²) in [6.07, 6.45) is 7.48. The second-order valence-electron chi connectivity index (χ2n) is 4.80. The van der Waals surface area contributed by atoms with Gasteiger partial charge in [-0.05, 0) is 19.4 Å². The Bertz CT molecular complexity index is 761. The summed E-state index contributed by atoms with van der Waals surface area (Å²) < 4.78 is 1.59. The Balaban J connectivity index is 1.88. The maximum Gasteiger partial charge on any atom is 0.257 e. The molecule has 0 fully saturated rings. The van der Waals surface area contributed by atoms with Crippen molar-refractivity contribution in [1.82, 2.24) is 29.9 Å². The van der Waals surface area contributed by atoms with Crippen molar-refractivity contribution in [2.45, 2.75) is 26.3 Å². The average Bonchev–Trinajstić information content (AvgIpc) is 3.13. The molecule has 0 aliphatic heterocycles. The van der Waals surface area contributed by atoms with Gasteiger partial charge in [-0.2, -0.15) is 5.10 Å². The third kappa shape index (κ3) is 2.49. The summed E-state index contributed by atoms with van der Waals surface area (Å²) in [6.45, 7) is 3.87. The van der Waals surface area contributed by atoms with Crippen molar-refractivity contribution >= 4 is 11.6 Å². The fourth-order valence-electron chi connectivity index (χ4n) is 2.19. The van der Waals surface area contributed by atoms with Gasteiger partial charge in [0.05, 0.1) is 12.2 Å². The minimum atomic E-state index is -0.202. The van der Waals surface area contributed by atoms with Crippen molar-refractivity contribution in [1.29, 1.82) is 0 Å². The summed E-state index contributed by atoms with van der Waals surface area (Å²) in [6, 6.07) is 1.69. The molecule has 1 unspecified atom stereocenters. The maximum atomic E-state index is 12.4. The summed E-state index contributed by atoms with van der Waals surface area (Å²) >= 11 is 0. The predicted molar refractivity (Wildman–Crippen MR) is 76.8 cm³/mol. The lowest BCUT2D eigenvalue weighted by Crippen LogP contribution is -2.28. The molecule has 0 aromatic carbocycles. The Hall–Kier alpha value is -2.70. The minimum absolute atomic E-state index is 0.160. The second kappa shape index (κ2) is 5.35. The minimum Gasteiger partial charge on any atom is -0.347 e. The molecule has 0 radical (unpaired) electrons. The van der Waals surface area contributed by atoms with Crippen LogP contribution in [-0.2, 0) is 0 Å². The van der Waals surface area contributed by atoms with E-state index in [1.807, 2.05) is 19.9 Å². The van der Waals surface area contributed by atoms with Crippen LogP contribution in [0.4, 0.5) is 0 Å². The number of rotatable bonds is 4. The standard InChI is InChI=1S/C14H16N6O/c1-3-11(12-15-5-6-16-12)19-14(21)10-8-17-20-7-4-9(2)18-13(10)20/h4-8,11H,3H2,1-2H3,(H,15,16)(H,19,21). The van der Waals surface area contributed by atoms with Crippen molar-refractivity contribution in [3.63, 3.8) is 0 Å². The molecule has 1 atom stereocenters. The van der Waals surface area contributed by atoms with Gasteiger partial charge >= 0.3 is 0 Å². The Morgan fingerprint density at radius 3 is 3.10 bits per heavy atom. The number of amides is 1. The number of aromatic amines is 1. The van der Waals surface area contributed by atoms with Gasteiger partial charge in [0.25, 0.3) is 5.91 Å². The van der Waals surface area contributed by atoms with Crippen LogP contribution in [0.15, 0.2) is 30.9 Å². The molecule has 1 amide bonds. The molecule has 21 heavy (non-hydrogen) atoms. The van der Waals surface area contributed by atoms with Gasteiger partial charge in [-0.1, -0.05) is 6.92 Å². The zero-order valence-corrected chi connectivity index (χ0v) is 11.9. The molecule has 108 valence electrons. The molecule has 3 aromatic heterocycles. The smallest absolute Gasteiger partial charge is 0.257 e. The van der Waals surface area contributed by atoms with E-state index in [4.69, 9.17) is 0 Å². The lowest BCUT2D eigenvalue weighted by Gasteiger charge is -2.13. The Labute approximate surface area is 121 Å². The number of aromatic nitrogens is 5. The first kappa shape index (κ1) is 13.3. The summed E-state index contributed by atoms with van der Waals surface area (Å²) in [5, 5.41) is 7.10. The number of hydrogen-bond acceptors (Lipinski definition) is 4. The van der Waals surface area contributed by atoms with Crippen LogP contribution in [0.3, 0.4) is 0 Å². The normalized spacial score (nSPS) is 12.5. The van der Waals surface area contributed by atoms with Crippen LogP contribution in [-0.4, -0.2) is 30.5 Å². The van der Waals surface area contributed by atoms with E-state index in [2.05, 4.69) is 25.4 Å². The van der Waals surface area contributed by atoms with Gasteiger partial charge in [0.15, 0.2) is 5.65 Å². The highest BCUT2D eigenvalue weighted by Gasteiger charge is 2.19. The molecule has 2 N–H and O–H groups in total. The molecule has 0 saturated heterocycles. The van der Waals surface area contributed by atoms with Crippen LogP contribution in [0, 0.1) is 6.92 Å². The van der Waals surface area contributed by atoms with E-state index in [0.717, 1.165) is 17.9 Å². The number of imidazole rings is 1. The van der Waals surface area contributed by atoms with Crippen LogP contribution < -0.4 is 5.32 Å². The Kier molecular flexibility index (Phi) is 3.39. The number of hydrogen-bond donors (Lipinski definition) is 2. The van der Waals surface area contributed by atoms with Crippen molar-refractivity contribution in [2.75, 3.05) is 0 Å². The van der Waals surface area contributed by atoms with Gasteiger partial charge in [0.1, 0.15) is 11.4 Å². The zero-order valence-electron chi connectivity index (χ0n) is 11.9. The second-order valence-corrected chi connectivity index (χ2v) is 4.80. The average molecular weight is 284 g/mol. The number of carbonyl (C=O) groups excluding carboxylic acids is 1. The molecule has 3 heterocycles. The fraction of sp³-hybridized carbons (Fsp3) is 0.286. The largest absolute Gasteiger partial charge is 0.347 e. The molecule has 3 rings (SSSR count). The van der Waals surface area contributed by atoms with Crippen LogP contribution in [0.2, 0.25) is 0 Å². The molecular weight excluding hydrogens is 268 g/mol. The summed E-state index contributed by atoms with van der Waals surface area (Å²) in [5.74, 6) is 0.540. The molecule has 0 aliphatic rings. The number of fused-ring (bicyclic) bond motifs is 1. The van der Waals surface area contributed by atoms with Crippen molar-refractivity contribution in [3.05, 3.63) is 47.9 Å². The highest BCUT2D eigenvalue weighted by atomic mass is 16.1. The molecule has 0 saturated carbocycles. The fourth-order valence-corrected chi connectivity index (χ4v) is 2.19. The number of nitrogens with one attached hydrogen (secondary N) is 2. The highest BCUT2D eigenvalue weighted by Crippen LogP contribution is 2.14. The molecule has 7 nitrogen and oxygen atoms in total. The monoisotopic (exact) mass is 284 g/mol. The van der Waals surface area contributed by atoms with Gasteiger partial charge in [0.2, 0.25) is 0 Å². The quantitative estimate of drug-likeness (QED) is 0.762. The Morgan fingerprint density at radius 2 is 2.38 bits per heavy atom. The number of carbonyl (C=O) groups is 1. The molecule has 0 aliphatic carbocycles. The summed E-state index contributed by atoms with van der Waals surface area (Å²) in [5.41, 5.74) is 1.86. The van der Waals surface area contributed by atoms with Gasteiger partial charge < -0.3 is 10.3 Å². The van der Waals surface area contributed by atoms with E-state index in [-0.39, 0.29) is 11.9 Å².